The first-order valence-corrected chi connectivity index (χ1v) is 8.05. The average molecular weight is 299 g/mol. The molecule has 3 nitrogen and oxygen atoms in total. The number of fused-ring (bicyclic) bond motifs is 1. The Morgan fingerprint density at radius 2 is 1.62 bits per heavy atom. The van der Waals surface area contributed by atoms with Crippen LogP contribution >= 0.6 is 11.8 Å². The van der Waals surface area contributed by atoms with Gasteiger partial charge in [0.2, 0.25) is 5.06 Å². The van der Waals surface area contributed by atoms with E-state index in [1.807, 2.05) is 18.2 Å². The highest BCUT2D eigenvalue weighted by molar-refractivity contribution is 8.00. The number of benzene rings is 2. The molecule has 0 amide bonds. The van der Waals surface area contributed by atoms with Gasteiger partial charge in [0.05, 0.1) is 18.1 Å². The summed E-state index contributed by atoms with van der Waals surface area (Å²) >= 11 is 1.79. The van der Waals surface area contributed by atoms with Crippen LogP contribution in [-0.2, 0) is 9.79 Å². The Hall–Kier alpha value is -1.49. The molecular weight excluding hydrogens is 282 g/mol. The van der Waals surface area contributed by atoms with Gasteiger partial charge in [-0.2, -0.15) is 0 Å². The molecule has 0 aliphatic carbocycles. The Bertz CT molecular complexity index is 601. The fourth-order valence-electron chi connectivity index (χ4n) is 2.87. The van der Waals surface area contributed by atoms with Gasteiger partial charge < -0.3 is 9.47 Å². The zero-order valence-corrected chi connectivity index (χ0v) is 12.5. The Balaban J connectivity index is 1.78. The van der Waals surface area contributed by atoms with Crippen molar-refractivity contribution >= 4 is 11.8 Å². The van der Waals surface area contributed by atoms with Crippen LogP contribution < -0.4 is 4.74 Å². The van der Waals surface area contributed by atoms with Crippen LogP contribution in [0, 0.1) is 0 Å². The van der Waals surface area contributed by atoms with Crippen molar-refractivity contribution in [2.45, 2.75) is 9.95 Å². The minimum atomic E-state index is -0.464. The van der Waals surface area contributed by atoms with E-state index in [1.165, 1.54) is 10.5 Å². The maximum atomic E-state index is 6.45. The predicted octanol–water partition coefficient (Wildman–Crippen LogP) is 3.31. The number of hydrogen-bond donors (Lipinski definition) is 0. The maximum absolute atomic E-state index is 6.45. The standard InChI is InChI=1S/C17H17NO2S/c1-2-6-14(7-3-1)17(18-10-12-19-13-11-18)20-15-8-4-5-9-16(15)21-17/h1-9H,10-13H2. The molecule has 0 radical (unpaired) electrons. The van der Waals surface area contributed by atoms with Crippen LogP contribution in [0.1, 0.15) is 5.56 Å². The molecule has 0 aromatic heterocycles. The van der Waals surface area contributed by atoms with Crippen molar-refractivity contribution in [3.8, 4) is 5.75 Å². The van der Waals surface area contributed by atoms with Crippen LogP contribution in [0.25, 0.3) is 0 Å². The summed E-state index contributed by atoms with van der Waals surface area (Å²) in [6.07, 6.45) is 0. The van der Waals surface area contributed by atoms with E-state index in [9.17, 15) is 0 Å². The van der Waals surface area contributed by atoms with Gasteiger partial charge in [-0.25, -0.2) is 4.90 Å². The fraction of sp³-hybridized carbons (Fsp3) is 0.294. The molecule has 0 saturated carbocycles. The van der Waals surface area contributed by atoms with Gasteiger partial charge in [0, 0.05) is 18.7 Å². The van der Waals surface area contributed by atoms with E-state index in [0.29, 0.717) is 0 Å². The van der Waals surface area contributed by atoms with E-state index in [1.54, 1.807) is 11.8 Å². The highest BCUT2D eigenvalue weighted by Crippen LogP contribution is 2.54. The average Bonchev–Trinajstić information content (AvgIpc) is 2.97. The van der Waals surface area contributed by atoms with Gasteiger partial charge in [0.25, 0.3) is 0 Å². The smallest absolute Gasteiger partial charge is 0.243 e. The lowest BCUT2D eigenvalue weighted by molar-refractivity contribution is -0.0664. The summed E-state index contributed by atoms with van der Waals surface area (Å²) < 4.78 is 12.0. The Morgan fingerprint density at radius 3 is 2.38 bits per heavy atom. The Kier molecular flexibility index (Phi) is 3.37. The van der Waals surface area contributed by atoms with Gasteiger partial charge >= 0.3 is 0 Å². The zero-order chi connectivity index (χ0) is 14.1. The third kappa shape index (κ3) is 2.24. The molecule has 1 unspecified atom stereocenters. The Labute approximate surface area is 128 Å². The van der Waals surface area contributed by atoms with Crippen molar-refractivity contribution in [1.82, 2.24) is 4.90 Å². The molecule has 108 valence electrons. The molecule has 2 aromatic carbocycles. The Morgan fingerprint density at radius 1 is 0.905 bits per heavy atom. The summed E-state index contributed by atoms with van der Waals surface area (Å²) in [5.41, 5.74) is 1.19. The molecule has 1 fully saturated rings. The van der Waals surface area contributed by atoms with Crippen molar-refractivity contribution in [3.63, 3.8) is 0 Å². The van der Waals surface area contributed by atoms with Crippen LogP contribution in [-0.4, -0.2) is 31.2 Å². The summed E-state index contributed by atoms with van der Waals surface area (Å²) in [4.78, 5) is 3.59. The van der Waals surface area contributed by atoms with E-state index in [2.05, 4.69) is 41.3 Å². The molecule has 0 N–H and O–H groups in total. The number of morpholine rings is 1. The predicted molar refractivity (Wildman–Crippen MR) is 83.4 cm³/mol. The van der Waals surface area contributed by atoms with Gasteiger partial charge in [-0.05, 0) is 12.1 Å². The van der Waals surface area contributed by atoms with Crippen LogP contribution in [0.3, 0.4) is 0 Å². The summed E-state index contributed by atoms with van der Waals surface area (Å²) in [5.74, 6) is 0.970. The minimum Gasteiger partial charge on any atom is -0.457 e. The van der Waals surface area contributed by atoms with Crippen molar-refractivity contribution < 1.29 is 9.47 Å². The lowest BCUT2D eigenvalue weighted by Crippen LogP contribution is -2.51. The third-order valence-corrected chi connectivity index (χ3v) is 5.32. The highest BCUT2D eigenvalue weighted by Gasteiger charge is 2.47. The fourth-order valence-corrected chi connectivity index (χ4v) is 4.23. The van der Waals surface area contributed by atoms with Crippen LogP contribution in [0.4, 0.5) is 0 Å². The van der Waals surface area contributed by atoms with Crippen molar-refractivity contribution in [2.75, 3.05) is 26.3 Å². The van der Waals surface area contributed by atoms with E-state index in [0.717, 1.165) is 32.1 Å². The first kappa shape index (κ1) is 13.2. The first-order valence-electron chi connectivity index (χ1n) is 7.24. The second-order valence-electron chi connectivity index (χ2n) is 5.20. The molecule has 0 bridgehead atoms. The van der Waals surface area contributed by atoms with Crippen molar-refractivity contribution in [3.05, 3.63) is 60.2 Å². The third-order valence-electron chi connectivity index (χ3n) is 3.91. The summed E-state index contributed by atoms with van der Waals surface area (Å²) in [7, 11) is 0. The highest BCUT2D eigenvalue weighted by atomic mass is 32.2. The van der Waals surface area contributed by atoms with E-state index < -0.39 is 5.06 Å². The number of para-hydroxylation sites is 1. The number of nitrogens with zero attached hydrogens (tertiary/aromatic N) is 1. The quantitative estimate of drug-likeness (QED) is 0.848. The summed E-state index contributed by atoms with van der Waals surface area (Å²) in [5, 5.41) is -0.464. The molecule has 4 heteroatoms. The zero-order valence-electron chi connectivity index (χ0n) is 11.7. The molecule has 1 atom stereocenters. The normalized spacial score (nSPS) is 25.3. The molecule has 2 aliphatic rings. The number of ether oxygens (including phenoxy) is 2. The van der Waals surface area contributed by atoms with Crippen LogP contribution in [0.15, 0.2) is 59.5 Å². The first-order chi connectivity index (χ1) is 10.4. The molecule has 2 aromatic rings. The largest absolute Gasteiger partial charge is 0.457 e. The van der Waals surface area contributed by atoms with Crippen LogP contribution in [0.5, 0.6) is 5.75 Å². The second kappa shape index (κ2) is 5.37. The number of rotatable bonds is 2. The van der Waals surface area contributed by atoms with Gasteiger partial charge in [0.1, 0.15) is 5.75 Å². The van der Waals surface area contributed by atoms with E-state index in [-0.39, 0.29) is 0 Å². The van der Waals surface area contributed by atoms with Gasteiger partial charge in [-0.15, -0.1) is 0 Å². The SMILES string of the molecule is c1ccc(C2(N3CCOCC3)Oc3ccccc3S2)cc1. The second-order valence-corrected chi connectivity index (χ2v) is 6.40. The van der Waals surface area contributed by atoms with E-state index >= 15 is 0 Å². The molecule has 1 saturated heterocycles. The van der Waals surface area contributed by atoms with Crippen LogP contribution in [0.2, 0.25) is 0 Å². The van der Waals surface area contributed by atoms with Gasteiger partial charge in [-0.1, -0.05) is 54.2 Å². The maximum Gasteiger partial charge on any atom is 0.243 e. The molecule has 2 heterocycles. The van der Waals surface area contributed by atoms with Gasteiger partial charge in [-0.3, -0.25) is 0 Å². The summed E-state index contributed by atoms with van der Waals surface area (Å²) in [6, 6.07) is 18.8. The monoisotopic (exact) mass is 299 g/mol. The van der Waals surface area contributed by atoms with E-state index in [4.69, 9.17) is 9.47 Å². The van der Waals surface area contributed by atoms with Crippen molar-refractivity contribution in [2.24, 2.45) is 0 Å². The molecule has 4 rings (SSSR count). The van der Waals surface area contributed by atoms with Crippen molar-refractivity contribution in [1.29, 1.82) is 0 Å². The number of thioether (sulfide) groups is 1. The lowest BCUT2D eigenvalue weighted by Gasteiger charge is -2.41. The lowest BCUT2D eigenvalue weighted by atomic mass is 10.1. The topological polar surface area (TPSA) is 21.7 Å². The molecule has 2 aliphatic heterocycles. The summed E-state index contributed by atoms with van der Waals surface area (Å²) in [6.45, 7) is 3.29. The van der Waals surface area contributed by atoms with Gasteiger partial charge in [0.15, 0.2) is 0 Å². The number of hydrogen-bond acceptors (Lipinski definition) is 4. The molecular formula is C17H17NO2S. The molecule has 21 heavy (non-hydrogen) atoms. The molecule has 0 spiro atoms. The minimum absolute atomic E-state index is 0.464.